The number of rotatable bonds is 10. The molecule has 340 valence electrons. The number of allylic oxidation sites excluding steroid dienone is 9. The molecule has 5 aliphatic rings. The summed E-state index contributed by atoms with van der Waals surface area (Å²) in [6.45, 7) is 19.0. The molecular formula is C51H64O12. The minimum Gasteiger partial charge on any atom is -0.455 e. The Morgan fingerprint density at radius 3 is 2.17 bits per heavy atom. The molecule has 3 fully saturated rings. The normalized spacial score (nSPS) is 34.0. The van der Waals surface area contributed by atoms with Crippen molar-refractivity contribution in [3.8, 4) is 0 Å². The number of carbonyl (C=O) groups excluding carboxylic acids is 5. The highest BCUT2D eigenvalue weighted by Gasteiger charge is 2.78. The Hall–Kier alpha value is -4.91. The molecule has 6 rings (SSSR count). The summed E-state index contributed by atoms with van der Waals surface area (Å²) in [7, 11) is 0. The van der Waals surface area contributed by atoms with Crippen LogP contribution in [0.2, 0.25) is 0 Å². The minimum absolute atomic E-state index is 0.119. The highest BCUT2D eigenvalue weighted by Crippen LogP contribution is 2.64. The van der Waals surface area contributed by atoms with E-state index in [9.17, 15) is 29.4 Å². The number of aliphatic hydroxyl groups excluding tert-OH is 1. The Morgan fingerprint density at radius 1 is 0.889 bits per heavy atom. The van der Waals surface area contributed by atoms with E-state index in [-0.39, 0.29) is 36.0 Å². The van der Waals surface area contributed by atoms with E-state index >= 15 is 4.79 Å². The van der Waals surface area contributed by atoms with Crippen LogP contribution in [-0.4, -0.2) is 88.2 Å². The number of aliphatic hydroxyl groups is 2. The fourth-order valence-corrected chi connectivity index (χ4v) is 11.1. The third-order valence-corrected chi connectivity index (χ3v) is 14.6. The Labute approximate surface area is 371 Å². The van der Waals surface area contributed by atoms with Gasteiger partial charge < -0.3 is 33.9 Å². The summed E-state index contributed by atoms with van der Waals surface area (Å²) in [5.74, 6) is -5.38. The van der Waals surface area contributed by atoms with Crippen molar-refractivity contribution < 1.29 is 57.9 Å². The number of ether oxygens (including phenoxy) is 5. The maximum absolute atomic E-state index is 15.4. The van der Waals surface area contributed by atoms with E-state index in [0.717, 1.165) is 25.3 Å². The van der Waals surface area contributed by atoms with Gasteiger partial charge in [-0.2, -0.15) is 0 Å². The lowest BCUT2D eigenvalue weighted by atomic mass is 9.44. The molecule has 12 heteroatoms. The van der Waals surface area contributed by atoms with Crippen LogP contribution in [0.5, 0.6) is 0 Å². The van der Waals surface area contributed by atoms with E-state index < -0.39 is 88.1 Å². The number of hydrogen-bond acceptors (Lipinski definition) is 12. The zero-order valence-corrected chi connectivity index (χ0v) is 38.5. The van der Waals surface area contributed by atoms with Gasteiger partial charge in [0.25, 0.3) is 0 Å². The quantitative estimate of drug-likeness (QED) is 0.0772. The summed E-state index contributed by atoms with van der Waals surface area (Å²) in [5.41, 5.74) is -2.33. The zero-order valence-electron chi connectivity index (χ0n) is 38.5. The Morgan fingerprint density at radius 2 is 1.57 bits per heavy atom. The predicted octanol–water partition coefficient (Wildman–Crippen LogP) is 7.74. The van der Waals surface area contributed by atoms with Gasteiger partial charge in [0, 0.05) is 38.2 Å². The first-order valence-electron chi connectivity index (χ1n) is 21.9. The molecule has 2 N–H and O–H groups in total. The Balaban J connectivity index is 1.42. The average molecular weight is 869 g/mol. The van der Waals surface area contributed by atoms with Crippen molar-refractivity contribution in [2.24, 2.45) is 22.2 Å². The van der Waals surface area contributed by atoms with Crippen LogP contribution in [0.15, 0.2) is 100 Å². The van der Waals surface area contributed by atoms with E-state index in [2.05, 4.69) is 32.9 Å². The molecule has 1 heterocycles. The van der Waals surface area contributed by atoms with Crippen LogP contribution >= 0.6 is 0 Å². The summed E-state index contributed by atoms with van der Waals surface area (Å²) in [5, 5.41) is 25.6. The lowest BCUT2D eigenvalue weighted by Crippen LogP contribution is -2.82. The summed E-state index contributed by atoms with van der Waals surface area (Å²) in [6.07, 6.45) is 7.02. The third kappa shape index (κ3) is 8.58. The van der Waals surface area contributed by atoms with Gasteiger partial charge in [-0.1, -0.05) is 87.4 Å². The number of fused-ring (bicyclic) bond motifs is 5. The van der Waals surface area contributed by atoms with Crippen molar-refractivity contribution in [1.82, 2.24) is 0 Å². The molecule has 1 aliphatic heterocycles. The molecule has 2 saturated carbocycles. The van der Waals surface area contributed by atoms with Gasteiger partial charge in [-0.15, -0.1) is 0 Å². The highest BCUT2D eigenvalue weighted by molar-refractivity contribution is 5.95. The second-order valence-electron chi connectivity index (χ2n) is 19.6. The smallest absolute Gasteiger partial charge is 0.338 e. The maximum Gasteiger partial charge on any atom is 0.338 e. The van der Waals surface area contributed by atoms with E-state index in [1.54, 1.807) is 52.0 Å². The van der Waals surface area contributed by atoms with Gasteiger partial charge in [-0.25, -0.2) is 9.59 Å². The van der Waals surface area contributed by atoms with Gasteiger partial charge in [0.15, 0.2) is 17.5 Å². The Kier molecular flexibility index (Phi) is 13.3. The summed E-state index contributed by atoms with van der Waals surface area (Å²) < 4.78 is 30.4. The molecule has 4 aliphatic carbocycles. The fraction of sp³-hybridized carbons (Fsp3) is 0.549. The molecule has 2 bridgehead atoms. The number of benzene rings is 1. The molecule has 9 atom stereocenters. The molecule has 0 aromatic heterocycles. The van der Waals surface area contributed by atoms with Crippen molar-refractivity contribution in [3.63, 3.8) is 0 Å². The van der Waals surface area contributed by atoms with Crippen molar-refractivity contribution in [2.45, 2.75) is 150 Å². The van der Waals surface area contributed by atoms with E-state index in [1.807, 2.05) is 19.1 Å². The van der Waals surface area contributed by atoms with Gasteiger partial charge in [0.05, 0.1) is 29.6 Å². The van der Waals surface area contributed by atoms with Gasteiger partial charge in [0.1, 0.15) is 23.9 Å². The van der Waals surface area contributed by atoms with Gasteiger partial charge >= 0.3 is 23.9 Å². The molecule has 0 unspecified atom stereocenters. The third-order valence-electron chi connectivity index (χ3n) is 14.6. The van der Waals surface area contributed by atoms with Gasteiger partial charge in [-0.05, 0) is 93.7 Å². The molecule has 0 radical (unpaired) electrons. The summed E-state index contributed by atoms with van der Waals surface area (Å²) in [4.78, 5) is 69.3. The van der Waals surface area contributed by atoms with Crippen LogP contribution in [0.4, 0.5) is 0 Å². The zero-order chi connectivity index (χ0) is 46.4. The molecule has 0 spiro atoms. The second-order valence-corrected chi connectivity index (χ2v) is 19.6. The monoisotopic (exact) mass is 868 g/mol. The summed E-state index contributed by atoms with van der Waals surface area (Å²) >= 11 is 0. The van der Waals surface area contributed by atoms with E-state index in [0.29, 0.717) is 11.1 Å². The van der Waals surface area contributed by atoms with Crippen LogP contribution in [0.3, 0.4) is 0 Å². The maximum atomic E-state index is 15.4. The average Bonchev–Trinajstić information content (AvgIpc) is 3.18. The van der Waals surface area contributed by atoms with Crippen molar-refractivity contribution in [3.05, 3.63) is 106 Å². The lowest BCUT2D eigenvalue weighted by Gasteiger charge is -2.67. The van der Waals surface area contributed by atoms with E-state index in [1.165, 1.54) is 49.6 Å². The standard InChI is InChI=1S/C51H64O12/c1-29(22-23-36-31(3)19-16-24-47(36,7)8)17-15-18-30(2)25-40(55)61-37-27-51(58)45(62-46(57)35-20-13-12-14-21-35)43-49(11,38(54)26-39-50(43,28-59-39)63-34(6)53)44(56)42(60-33(5)52)41(32(37)4)48(51,9)10/h12-15,17-18,20-23,25,37-39,42-43,45,54,58H,16,19,24,26-28H2,1-11H3/b18-15+,23-22+,29-17+,30-25+/t37-,38-,39+,42+,43-,45-,49+,50-,51+/m0/s1. The van der Waals surface area contributed by atoms with Crippen LogP contribution < -0.4 is 0 Å². The molecule has 1 aromatic rings. The van der Waals surface area contributed by atoms with Crippen molar-refractivity contribution >= 4 is 29.7 Å². The number of esters is 4. The first kappa shape index (κ1) is 47.6. The summed E-state index contributed by atoms with van der Waals surface area (Å²) in [6, 6.07) is 8.06. The largest absolute Gasteiger partial charge is 0.455 e. The number of hydrogen-bond donors (Lipinski definition) is 2. The van der Waals surface area contributed by atoms with Crippen LogP contribution in [0.25, 0.3) is 0 Å². The van der Waals surface area contributed by atoms with Gasteiger partial charge in [0.2, 0.25) is 0 Å². The van der Waals surface area contributed by atoms with Crippen molar-refractivity contribution in [1.29, 1.82) is 0 Å². The molecular weight excluding hydrogens is 805 g/mol. The first-order chi connectivity index (χ1) is 29.4. The number of ketones is 1. The molecule has 63 heavy (non-hydrogen) atoms. The van der Waals surface area contributed by atoms with Crippen molar-refractivity contribution in [2.75, 3.05) is 6.61 Å². The molecule has 12 nitrogen and oxygen atoms in total. The van der Waals surface area contributed by atoms with E-state index in [4.69, 9.17) is 23.7 Å². The predicted molar refractivity (Wildman–Crippen MR) is 235 cm³/mol. The fourth-order valence-electron chi connectivity index (χ4n) is 11.1. The molecule has 1 saturated heterocycles. The van der Waals surface area contributed by atoms with Crippen LogP contribution in [-0.2, 0) is 42.9 Å². The minimum atomic E-state index is -2.23. The lowest BCUT2D eigenvalue weighted by molar-refractivity contribution is -0.346. The molecule has 1 aromatic carbocycles. The first-order valence-corrected chi connectivity index (χ1v) is 21.9. The Bertz CT molecular complexity index is 2220. The van der Waals surface area contributed by atoms with Crippen LogP contribution in [0.1, 0.15) is 119 Å². The topological polar surface area (TPSA) is 172 Å². The second kappa shape index (κ2) is 17.6. The van der Waals surface area contributed by atoms with Gasteiger partial charge in [-0.3, -0.25) is 14.4 Å². The SMILES string of the molecule is CC(=O)O[C@H]1C(=O)[C@@]2(C)[C@H]([C@H](OC(=O)c3ccccc3)[C@]3(O)C[C@H](OC(=O)/C=C(C)/C=C/C=C(C)/C=C/C4=C(C)CCCC4(C)C)C(C)=C1C3(C)C)[C@]1(OC(C)=O)CO[C@@H]1C[C@@H]2O. The van der Waals surface area contributed by atoms with Crippen LogP contribution in [0, 0.1) is 22.2 Å². The highest BCUT2D eigenvalue weighted by atomic mass is 16.6. The number of carbonyl (C=O) groups is 5. The molecule has 0 amide bonds. The number of Topliss-reactive ketones (excluding diaryl/α,β-unsaturated/α-hetero) is 1.